The molecule has 0 aromatic carbocycles. The van der Waals surface area contributed by atoms with Gasteiger partial charge in [-0.25, -0.2) is 0 Å². The summed E-state index contributed by atoms with van der Waals surface area (Å²) in [5.74, 6) is 0.877. The molecule has 0 spiro atoms. The van der Waals surface area contributed by atoms with Gasteiger partial charge in [-0.3, -0.25) is 4.98 Å². The lowest BCUT2D eigenvalue weighted by molar-refractivity contribution is 0.278. The Labute approximate surface area is 115 Å². The fourth-order valence-electron chi connectivity index (χ4n) is 2.15. The minimum absolute atomic E-state index is 0.0996. The van der Waals surface area contributed by atoms with Crippen LogP contribution in [0.5, 0.6) is 5.75 Å². The Hall–Kier alpha value is -1.13. The number of aromatic nitrogens is 1. The van der Waals surface area contributed by atoms with Gasteiger partial charge in [-0.1, -0.05) is 20.3 Å². The minimum atomic E-state index is -0.0996. The number of aliphatic hydroxyl groups is 1. The van der Waals surface area contributed by atoms with E-state index in [1.807, 2.05) is 0 Å². The van der Waals surface area contributed by atoms with Crippen LogP contribution in [-0.4, -0.2) is 21.2 Å². The zero-order valence-electron chi connectivity index (χ0n) is 12.4. The van der Waals surface area contributed by atoms with Gasteiger partial charge in [-0.15, -0.1) is 0 Å². The Morgan fingerprint density at radius 1 is 1.37 bits per heavy atom. The van der Waals surface area contributed by atoms with Gasteiger partial charge in [0.15, 0.2) is 0 Å². The fourth-order valence-corrected chi connectivity index (χ4v) is 2.15. The molecular weight excluding hydrogens is 240 g/mol. The maximum absolute atomic E-state index is 10.0. The first-order valence-corrected chi connectivity index (χ1v) is 7.00. The van der Waals surface area contributed by atoms with E-state index in [4.69, 9.17) is 0 Å². The third-order valence-electron chi connectivity index (χ3n) is 3.68. The molecule has 19 heavy (non-hydrogen) atoms. The number of nitrogens with one attached hydrogen (secondary N) is 1. The Balaban J connectivity index is 2.69. The molecule has 1 rings (SSSR count). The van der Waals surface area contributed by atoms with Gasteiger partial charge in [-0.05, 0) is 26.2 Å². The average Bonchev–Trinajstić information content (AvgIpc) is 2.40. The molecule has 1 aromatic heterocycles. The second-order valence-corrected chi connectivity index (χ2v) is 5.39. The van der Waals surface area contributed by atoms with Crippen molar-refractivity contribution in [2.75, 3.05) is 0 Å². The molecule has 3 N–H and O–H groups in total. The molecule has 1 heterocycles. The predicted molar refractivity (Wildman–Crippen MR) is 76.9 cm³/mol. The lowest BCUT2D eigenvalue weighted by atomic mass is 10.00. The molecule has 0 aliphatic heterocycles. The Morgan fingerprint density at radius 2 is 2.05 bits per heavy atom. The first kappa shape index (κ1) is 15.9. The molecule has 1 aromatic rings. The van der Waals surface area contributed by atoms with Crippen LogP contribution in [-0.2, 0) is 13.2 Å². The van der Waals surface area contributed by atoms with E-state index in [9.17, 15) is 10.2 Å². The van der Waals surface area contributed by atoms with Gasteiger partial charge >= 0.3 is 0 Å². The van der Waals surface area contributed by atoms with Crippen molar-refractivity contribution in [2.24, 2.45) is 5.92 Å². The highest BCUT2D eigenvalue weighted by atomic mass is 16.3. The van der Waals surface area contributed by atoms with Gasteiger partial charge in [-0.2, -0.15) is 0 Å². The molecule has 0 aliphatic carbocycles. The summed E-state index contributed by atoms with van der Waals surface area (Å²) >= 11 is 0. The van der Waals surface area contributed by atoms with Crippen molar-refractivity contribution in [3.8, 4) is 5.75 Å². The summed E-state index contributed by atoms with van der Waals surface area (Å²) in [6, 6.07) is 0.384. The second-order valence-electron chi connectivity index (χ2n) is 5.39. The van der Waals surface area contributed by atoms with Crippen LogP contribution in [0.25, 0.3) is 0 Å². The van der Waals surface area contributed by atoms with Crippen molar-refractivity contribution in [1.82, 2.24) is 10.3 Å². The third kappa shape index (κ3) is 4.48. The predicted octanol–water partition coefficient (Wildman–Crippen LogP) is 2.50. The monoisotopic (exact) mass is 266 g/mol. The van der Waals surface area contributed by atoms with Crippen LogP contribution in [0, 0.1) is 12.8 Å². The molecule has 4 heteroatoms. The average molecular weight is 266 g/mol. The maximum atomic E-state index is 10.0. The minimum Gasteiger partial charge on any atom is -0.506 e. The smallest absolute Gasteiger partial charge is 0.141 e. The molecule has 0 fully saturated rings. The quantitative estimate of drug-likeness (QED) is 0.709. The zero-order valence-corrected chi connectivity index (χ0v) is 12.4. The molecule has 108 valence electrons. The number of aryl methyl sites for hydroxylation is 1. The summed E-state index contributed by atoms with van der Waals surface area (Å²) in [5, 5.41) is 22.7. The summed E-state index contributed by atoms with van der Waals surface area (Å²) in [4.78, 5) is 4.06. The molecular formula is C15H26N2O2. The lowest BCUT2D eigenvalue weighted by Gasteiger charge is -2.19. The molecule has 2 unspecified atom stereocenters. The SMILES string of the molecule is CCC(C)CC(C)NCc1c(CO)cnc(C)c1O. The van der Waals surface area contributed by atoms with E-state index >= 15 is 0 Å². The largest absolute Gasteiger partial charge is 0.506 e. The number of hydrogen-bond acceptors (Lipinski definition) is 4. The van der Waals surface area contributed by atoms with Crippen molar-refractivity contribution in [2.45, 2.75) is 59.7 Å². The molecule has 4 nitrogen and oxygen atoms in total. The molecule has 0 radical (unpaired) electrons. The van der Waals surface area contributed by atoms with E-state index < -0.39 is 0 Å². The van der Waals surface area contributed by atoms with Gasteiger partial charge in [0, 0.05) is 29.9 Å². The van der Waals surface area contributed by atoms with E-state index in [2.05, 4.69) is 31.1 Å². The number of pyridine rings is 1. The van der Waals surface area contributed by atoms with Crippen molar-refractivity contribution >= 4 is 0 Å². The first-order chi connectivity index (χ1) is 8.99. The number of aliphatic hydroxyl groups excluding tert-OH is 1. The van der Waals surface area contributed by atoms with Gasteiger partial charge in [0.25, 0.3) is 0 Å². The highest BCUT2D eigenvalue weighted by Crippen LogP contribution is 2.24. The van der Waals surface area contributed by atoms with Crippen molar-refractivity contribution < 1.29 is 10.2 Å². The van der Waals surface area contributed by atoms with Gasteiger partial charge in [0.05, 0.1) is 12.3 Å². The molecule has 0 amide bonds. The summed E-state index contributed by atoms with van der Waals surface area (Å²) in [7, 11) is 0. The second kappa shape index (κ2) is 7.46. The zero-order chi connectivity index (χ0) is 14.4. The van der Waals surface area contributed by atoms with E-state index in [1.165, 1.54) is 6.42 Å². The fraction of sp³-hybridized carbons (Fsp3) is 0.667. The molecule has 0 saturated carbocycles. The van der Waals surface area contributed by atoms with Crippen LogP contribution < -0.4 is 5.32 Å². The number of rotatable bonds is 7. The molecule has 0 saturated heterocycles. The molecule has 2 atom stereocenters. The van der Waals surface area contributed by atoms with Crippen LogP contribution in [0.1, 0.15) is 50.4 Å². The molecule has 0 aliphatic rings. The van der Waals surface area contributed by atoms with E-state index in [-0.39, 0.29) is 12.4 Å². The summed E-state index contributed by atoms with van der Waals surface area (Å²) in [5.41, 5.74) is 2.04. The van der Waals surface area contributed by atoms with Gasteiger partial charge in [0.1, 0.15) is 5.75 Å². The topological polar surface area (TPSA) is 65.4 Å². The standard InChI is InChI=1S/C15H26N2O2/c1-5-10(2)6-11(3)16-8-14-13(9-18)7-17-12(4)15(14)19/h7,10-11,16,18-19H,5-6,8-9H2,1-4H3. The number of nitrogens with zero attached hydrogens (tertiary/aromatic N) is 1. The van der Waals surface area contributed by atoms with Crippen molar-refractivity contribution in [3.63, 3.8) is 0 Å². The number of hydrogen-bond donors (Lipinski definition) is 3. The van der Waals surface area contributed by atoms with E-state index in [0.29, 0.717) is 29.8 Å². The highest BCUT2D eigenvalue weighted by Gasteiger charge is 2.13. The highest BCUT2D eigenvalue weighted by molar-refractivity contribution is 5.40. The third-order valence-corrected chi connectivity index (χ3v) is 3.68. The van der Waals surface area contributed by atoms with Crippen molar-refractivity contribution in [3.05, 3.63) is 23.0 Å². The van der Waals surface area contributed by atoms with E-state index in [0.717, 1.165) is 12.0 Å². The van der Waals surface area contributed by atoms with E-state index in [1.54, 1.807) is 13.1 Å². The van der Waals surface area contributed by atoms with Gasteiger partial charge in [0.2, 0.25) is 0 Å². The Bertz CT molecular complexity index is 407. The maximum Gasteiger partial charge on any atom is 0.141 e. The Kier molecular flexibility index (Phi) is 6.25. The lowest BCUT2D eigenvalue weighted by Crippen LogP contribution is -2.27. The van der Waals surface area contributed by atoms with Crippen LogP contribution in [0.15, 0.2) is 6.20 Å². The van der Waals surface area contributed by atoms with Crippen LogP contribution in [0.2, 0.25) is 0 Å². The molecule has 0 bridgehead atoms. The van der Waals surface area contributed by atoms with Gasteiger partial charge < -0.3 is 15.5 Å². The Morgan fingerprint density at radius 3 is 2.63 bits per heavy atom. The van der Waals surface area contributed by atoms with Crippen LogP contribution in [0.4, 0.5) is 0 Å². The summed E-state index contributed by atoms with van der Waals surface area (Å²) in [6.07, 6.45) is 3.91. The summed E-state index contributed by atoms with van der Waals surface area (Å²) in [6.45, 7) is 8.81. The van der Waals surface area contributed by atoms with Crippen LogP contribution in [0.3, 0.4) is 0 Å². The normalized spacial score (nSPS) is 14.4. The van der Waals surface area contributed by atoms with Crippen LogP contribution >= 0.6 is 0 Å². The van der Waals surface area contributed by atoms with Crippen molar-refractivity contribution in [1.29, 1.82) is 0 Å². The number of aromatic hydroxyl groups is 1. The first-order valence-electron chi connectivity index (χ1n) is 7.00. The summed E-state index contributed by atoms with van der Waals surface area (Å²) < 4.78 is 0.